The van der Waals surface area contributed by atoms with E-state index >= 15 is 0 Å². The fraction of sp³-hybridized carbons (Fsp3) is 0.100. The number of H-pyrrole nitrogens is 1. The fourth-order valence-corrected chi connectivity index (χ4v) is 3.39. The van der Waals surface area contributed by atoms with Gasteiger partial charge >= 0.3 is 5.69 Å². The van der Waals surface area contributed by atoms with E-state index in [0.717, 1.165) is 33.2 Å². The highest BCUT2D eigenvalue weighted by molar-refractivity contribution is 6.30. The number of nitrogens with zero attached hydrogens (tertiary/aromatic N) is 2. The van der Waals surface area contributed by atoms with E-state index in [2.05, 4.69) is 15.4 Å². The average Bonchev–Trinajstić information content (AvgIpc) is 2.62. The third kappa shape index (κ3) is 2.76. The number of fused-ring (bicyclic) bond motifs is 1. The van der Waals surface area contributed by atoms with Gasteiger partial charge < -0.3 is 4.98 Å². The number of aromatic nitrogens is 2. The molecule has 6 heteroatoms. The quantitative estimate of drug-likeness (QED) is 0.730. The van der Waals surface area contributed by atoms with Crippen LogP contribution in [-0.4, -0.2) is 9.97 Å². The summed E-state index contributed by atoms with van der Waals surface area (Å²) in [4.78, 5) is 19.1. The van der Waals surface area contributed by atoms with Gasteiger partial charge in [-0.2, -0.15) is 4.98 Å². The molecule has 1 aliphatic rings. The summed E-state index contributed by atoms with van der Waals surface area (Å²) >= 11 is 6.07. The van der Waals surface area contributed by atoms with E-state index in [1.807, 2.05) is 73.5 Å². The second-order valence-electron chi connectivity index (χ2n) is 6.14. The van der Waals surface area contributed by atoms with Crippen molar-refractivity contribution in [3.8, 4) is 0 Å². The largest absolute Gasteiger partial charge is 0.345 e. The lowest BCUT2D eigenvalue weighted by molar-refractivity contribution is 0.845. The molecule has 4 rings (SSSR count). The third-order valence-electron chi connectivity index (χ3n) is 4.36. The second kappa shape index (κ2) is 6.35. The predicted molar refractivity (Wildman–Crippen MR) is 104 cm³/mol. The lowest BCUT2D eigenvalue weighted by Gasteiger charge is -2.32. The number of hydrazine groups is 1. The van der Waals surface area contributed by atoms with Gasteiger partial charge in [0.05, 0.1) is 22.4 Å². The maximum Gasteiger partial charge on any atom is 0.345 e. The van der Waals surface area contributed by atoms with Gasteiger partial charge in [0.1, 0.15) is 0 Å². The topological polar surface area (TPSA) is 61.0 Å². The van der Waals surface area contributed by atoms with Crippen molar-refractivity contribution in [2.75, 3.05) is 5.01 Å². The molecule has 1 aliphatic heterocycles. The minimum Gasteiger partial charge on any atom is -0.303 e. The normalized spacial score (nSPS) is 13.4. The Morgan fingerprint density at radius 2 is 1.69 bits per heavy atom. The molecule has 2 N–H and O–H groups in total. The highest BCUT2D eigenvalue weighted by Gasteiger charge is 2.21. The zero-order chi connectivity index (χ0) is 18.3. The van der Waals surface area contributed by atoms with Gasteiger partial charge in [0, 0.05) is 21.5 Å². The smallest absolute Gasteiger partial charge is 0.303 e. The van der Waals surface area contributed by atoms with Gasteiger partial charge in [-0.05, 0) is 38.1 Å². The highest BCUT2D eigenvalue weighted by Crippen LogP contribution is 2.25. The summed E-state index contributed by atoms with van der Waals surface area (Å²) in [5, 5.41) is 4.27. The van der Waals surface area contributed by atoms with Gasteiger partial charge in [0.15, 0.2) is 0 Å². The third-order valence-corrected chi connectivity index (χ3v) is 4.61. The molecule has 0 saturated heterocycles. The molecular weight excluding hydrogens is 348 g/mol. The first-order valence-corrected chi connectivity index (χ1v) is 8.62. The second-order valence-corrected chi connectivity index (χ2v) is 6.58. The van der Waals surface area contributed by atoms with Crippen molar-refractivity contribution in [1.29, 1.82) is 0 Å². The minimum absolute atomic E-state index is 0.365. The molecule has 130 valence electrons. The van der Waals surface area contributed by atoms with Crippen molar-refractivity contribution >= 4 is 28.7 Å². The standard InChI is InChI=1S/C20H17ClN4O/c1-12-17-13(2)24-25(16-6-4-3-5-7-16)19(18(17)23-20(26)22-12)14-8-10-15(21)11-9-14/h3-11,24H,1-2H3,(H,23,26). The van der Waals surface area contributed by atoms with Crippen LogP contribution in [-0.2, 0) is 0 Å². The predicted octanol–water partition coefficient (Wildman–Crippen LogP) is 2.04. The Hall–Kier alpha value is -3.05. The van der Waals surface area contributed by atoms with Crippen LogP contribution in [0.1, 0.15) is 18.2 Å². The first kappa shape index (κ1) is 16.4. The van der Waals surface area contributed by atoms with E-state index in [1.165, 1.54) is 0 Å². The van der Waals surface area contributed by atoms with Gasteiger partial charge in [-0.3, -0.25) is 10.4 Å². The summed E-state index contributed by atoms with van der Waals surface area (Å²) < 4.78 is 0. The number of aromatic amines is 1. The number of benzene rings is 2. The summed E-state index contributed by atoms with van der Waals surface area (Å²) in [6.45, 7) is 3.82. The molecule has 0 radical (unpaired) electrons. The number of para-hydroxylation sites is 1. The number of halogens is 1. The highest BCUT2D eigenvalue weighted by atomic mass is 35.5. The number of hydrogen-bond acceptors (Lipinski definition) is 4. The number of aryl methyl sites for hydroxylation is 1. The zero-order valence-electron chi connectivity index (χ0n) is 14.4. The first-order chi connectivity index (χ1) is 12.5. The van der Waals surface area contributed by atoms with Crippen LogP contribution in [0.3, 0.4) is 0 Å². The van der Waals surface area contributed by atoms with Gasteiger partial charge in [0.25, 0.3) is 0 Å². The zero-order valence-corrected chi connectivity index (χ0v) is 15.1. The van der Waals surface area contributed by atoms with Gasteiger partial charge in [-0.1, -0.05) is 41.9 Å². The van der Waals surface area contributed by atoms with E-state index in [0.29, 0.717) is 10.7 Å². The number of anilines is 1. The maximum absolute atomic E-state index is 12.1. The van der Waals surface area contributed by atoms with Crippen LogP contribution in [0.5, 0.6) is 0 Å². The molecule has 2 heterocycles. The monoisotopic (exact) mass is 364 g/mol. The van der Waals surface area contributed by atoms with Crippen molar-refractivity contribution in [2.24, 2.45) is 0 Å². The molecule has 0 bridgehead atoms. The van der Waals surface area contributed by atoms with Gasteiger partial charge in [-0.25, -0.2) is 4.79 Å². The van der Waals surface area contributed by atoms with Gasteiger partial charge in [-0.15, -0.1) is 0 Å². The number of rotatable bonds is 2. The summed E-state index contributed by atoms with van der Waals surface area (Å²) in [5.41, 5.74) is 7.40. The van der Waals surface area contributed by atoms with Crippen molar-refractivity contribution in [3.63, 3.8) is 0 Å². The molecule has 0 atom stereocenters. The molecule has 0 spiro atoms. The SMILES string of the molecule is CC1=c2c(C)nc(=O)[nH]c2=C(c2ccc(Cl)cc2)N(c2ccccc2)N1. The van der Waals surface area contributed by atoms with Crippen LogP contribution in [0.25, 0.3) is 11.4 Å². The average molecular weight is 365 g/mol. The number of nitrogens with one attached hydrogen (secondary N) is 2. The molecule has 2 aromatic carbocycles. The first-order valence-electron chi connectivity index (χ1n) is 8.24. The van der Waals surface area contributed by atoms with Crippen molar-refractivity contribution in [1.82, 2.24) is 15.4 Å². The Kier molecular flexibility index (Phi) is 4.01. The van der Waals surface area contributed by atoms with Crippen LogP contribution in [0.4, 0.5) is 5.69 Å². The number of hydrogen-bond donors (Lipinski definition) is 2. The molecule has 1 aromatic heterocycles. The molecule has 0 fully saturated rings. The minimum atomic E-state index is -0.365. The van der Waals surface area contributed by atoms with Crippen LogP contribution >= 0.6 is 11.6 Å². The summed E-state index contributed by atoms with van der Waals surface area (Å²) in [6, 6.07) is 17.5. The Morgan fingerprint density at radius 3 is 2.38 bits per heavy atom. The molecule has 0 unspecified atom stereocenters. The van der Waals surface area contributed by atoms with E-state index in [-0.39, 0.29) is 5.69 Å². The van der Waals surface area contributed by atoms with Crippen molar-refractivity contribution in [2.45, 2.75) is 13.8 Å². The van der Waals surface area contributed by atoms with Crippen molar-refractivity contribution < 1.29 is 0 Å². The van der Waals surface area contributed by atoms with E-state index in [4.69, 9.17) is 11.6 Å². The maximum atomic E-state index is 12.1. The summed E-state index contributed by atoms with van der Waals surface area (Å²) in [6.07, 6.45) is 0. The van der Waals surface area contributed by atoms with Crippen LogP contribution in [0.15, 0.2) is 59.4 Å². The molecule has 0 saturated carbocycles. The Bertz CT molecular complexity index is 1150. The van der Waals surface area contributed by atoms with Gasteiger partial charge in [0.2, 0.25) is 0 Å². The van der Waals surface area contributed by atoms with E-state index in [9.17, 15) is 4.79 Å². The lowest BCUT2D eigenvalue weighted by Crippen LogP contribution is -2.53. The van der Waals surface area contributed by atoms with Crippen LogP contribution in [0, 0.1) is 6.92 Å². The molecule has 3 aromatic rings. The Balaban J connectivity index is 2.13. The summed E-state index contributed by atoms with van der Waals surface area (Å²) in [7, 11) is 0. The van der Waals surface area contributed by atoms with E-state index < -0.39 is 0 Å². The summed E-state index contributed by atoms with van der Waals surface area (Å²) in [5.74, 6) is 0. The lowest BCUT2D eigenvalue weighted by atomic mass is 10.1. The molecule has 0 amide bonds. The Labute approximate surface area is 155 Å². The molecule has 5 nitrogen and oxygen atoms in total. The van der Waals surface area contributed by atoms with Crippen LogP contribution in [0.2, 0.25) is 5.02 Å². The molecule has 0 aliphatic carbocycles. The molecular formula is C20H17ClN4O. The van der Waals surface area contributed by atoms with Crippen LogP contribution < -0.4 is 26.7 Å². The van der Waals surface area contributed by atoms with Crippen molar-refractivity contribution in [3.05, 3.63) is 91.9 Å². The van der Waals surface area contributed by atoms with E-state index in [1.54, 1.807) is 0 Å². The Morgan fingerprint density at radius 1 is 1.00 bits per heavy atom. The fourth-order valence-electron chi connectivity index (χ4n) is 3.27. The molecule has 26 heavy (non-hydrogen) atoms.